The minimum atomic E-state index is -3.01. The van der Waals surface area contributed by atoms with Gasteiger partial charge in [0, 0.05) is 16.9 Å². The molecule has 3 aliphatic rings. The van der Waals surface area contributed by atoms with Crippen LogP contribution >= 0.6 is 11.8 Å². The molecule has 1 aromatic rings. The van der Waals surface area contributed by atoms with Crippen molar-refractivity contribution in [2.75, 3.05) is 16.4 Å². The SMILES string of the molecule is Cc1ccc(N2C(=NC(=O)C3CC3)S[C@@H]3CS(=O)(=O)C[C@H]32)cc1. The van der Waals surface area contributed by atoms with Crippen molar-refractivity contribution in [2.45, 2.75) is 31.1 Å². The van der Waals surface area contributed by atoms with E-state index in [9.17, 15) is 13.2 Å². The summed E-state index contributed by atoms with van der Waals surface area (Å²) in [5.41, 5.74) is 2.05. The number of aryl methyl sites for hydroxylation is 1. The molecule has 1 amide bonds. The molecule has 2 aliphatic heterocycles. The lowest BCUT2D eigenvalue weighted by Gasteiger charge is -2.24. The van der Waals surface area contributed by atoms with Gasteiger partial charge in [0.2, 0.25) is 0 Å². The maximum absolute atomic E-state index is 12.1. The molecule has 0 bridgehead atoms. The molecule has 2 atom stereocenters. The number of fused-ring (bicyclic) bond motifs is 1. The molecule has 4 rings (SSSR count). The van der Waals surface area contributed by atoms with Gasteiger partial charge in [-0.05, 0) is 31.9 Å². The third-order valence-corrected chi connectivity index (χ3v) is 7.72. The molecule has 5 nitrogen and oxygen atoms in total. The average Bonchev–Trinajstić information content (AvgIpc) is 3.22. The predicted octanol–water partition coefficient (Wildman–Crippen LogP) is 2.01. The first kappa shape index (κ1) is 15.2. The summed E-state index contributed by atoms with van der Waals surface area (Å²) < 4.78 is 24.0. The zero-order chi connectivity index (χ0) is 16.2. The van der Waals surface area contributed by atoms with Crippen LogP contribution in [-0.4, -0.2) is 42.3 Å². The molecule has 1 aromatic carbocycles. The van der Waals surface area contributed by atoms with E-state index in [1.165, 1.54) is 11.8 Å². The van der Waals surface area contributed by atoms with Gasteiger partial charge in [0.05, 0.1) is 17.5 Å². The summed E-state index contributed by atoms with van der Waals surface area (Å²) >= 11 is 1.44. The van der Waals surface area contributed by atoms with Gasteiger partial charge in [-0.25, -0.2) is 8.42 Å². The molecule has 2 heterocycles. The van der Waals surface area contributed by atoms with Crippen molar-refractivity contribution in [3.63, 3.8) is 0 Å². The van der Waals surface area contributed by atoms with Gasteiger partial charge in [0.1, 0.15) is 0 Å². The van der Waals surface area contributed by atoms with Crippen LogP contribution in [0, 0.1) is 12.8 Å². The molecule has 0 N–H and O–H groups in total. The number of sulfone groups is 1. The van der Waals surface area contributed by atoms with Gasteiger partial charge < -0.3 is 4.90 Å². The molecule has 1 saturated carbocycles. The van der Waals surface area contributed by atoms with Crippen LogP contribution in [0.25, 0.3) is 0 Å². The summed E-state index contributed by atoms with van der Waals surface area (Å²) in [6, 6.07) is 7.81. The van der Waals surface area contributed by atoms with Crippen molar-refractivity contribution < 1.29 is 13.2 Å². The lowest BCUT2D eigenvalue weighted by molar-refractivity contribution is -0.118. The third-order valence-electron chi connectivity index (χ3n) is 4.51. The number of carbonyl (C=O) groups excluding carboxylic acids is 1. The number of aliphatic imine (C=N–C) groups is 1. The second-order valence-corrected chi connectivity index (χ2v) is 9.87. The van der Waals surface area contributed by atoms with Crippen LogP contribution in [0.1, 0.15) is 18.4 Å². The van der Waals surface area contributed by atoms with Crippen molar-refractivity contribution in [3.8, 4) is 0 Å². The van der Waals surface area contributed by atoms with Crippen LogP contribution < -0.4 is 4.90 Å². The molecule has 2 saturated heterocycles. The molecule has 7 heteroatoms. The van der Waals surface area contributed by atoms with Crippen LogP contribution in [0.4, 0.5) is 5.69 Å². The topological polar surface area (TPSA) is 66.8 Å². The Bertz CT molecular complexity index is 782. The Labute approximate surface area is 140 Å². The third kappa shape index (κ3) is 2.92. The van der Waals surface area contributed by atoms with Gasteiger partial charge >= 0.3 is 0 Å². The molecular weight excluding hydrogens is 332 g/mol. The summed E-state index contributed by atoms with van der Waals surface area (Å²) in [4.78, 5) is 18.4. The highest BCUT2D eigenvalue weighted by atomic mass is 32.2. The van der Waals surface area contributed by atoms with Crippen LogP contribution in [-0.2, 0) is 14.6 Å². The van der Waals surface area contributed by atoms with Crippen molar-refractivity contribution in [3.05, 3.63) is 29.8 Å². The number of amidine groups is 1. The smallest absolute Gasteiger partial charge is 0.251 e. The number of anilines is 1. The normalized spacial score (nSPS) is 30.7. The summed E-state index contributed by atoms with van der Waals surface area (Å²) in [6.07, 6.45) is 1.85. The van der Waals surface area contributed by atoms with Crippen molar-refractivity contribution in [2.24, 2.45) is 10.9 Å². The highest BCUT2D eigenvalue weighted by molar-refractivity contribution is 8.16. The van der Waals surface area contributed by atoms with E-state index in [0.29, 0.717) is 5.17 Å². The molecular formula is C16H18N2O3S2. The van der Waals surface area contributed by atoms with Gasteiger partial charge in [-0.1, -0.05) is 29.5 Å². The number of rotatable bonds is 2. The van der Waals surface area contributed by atoms with Gasteiger partial charge in [-0.3, -0.25) is 4.79 Å². The Morgan fingerprint density at radius 2 is 1.91 bits per heavy atom. The maximum Gasteiger partial charge on any atom is 0.251 e. The first-order valence-corrected chi connectivity index (χ1v) is 10.5. The Hall–Kier alpha value is -1.34. The van der Waals surface area contributed by atoms with Crippen LogP contribution in [0.15, 0.2) is 29.3 Å². The number of benzene rings is 1. The van der Waals surface area contributed by atoms with Crippen molar-refractivity contribution >= 4 is 38.4 Å². The van der Waals surface area contributed by atoms with E-state index in [0.717, 1.165) is 24.1 Å². The van der Waals surface area contributed by atoms with Crippen molar-refractivity contribution in [1.29, 1.82) is 0 Å². The van der Waals surface area contributed by atoms with E-state index in [1.807, 2.05) is 36.1 Å². The first-order valence-electron chi connectivity index (χ1n) is 7.78. The molecule has 1 aliphatic carbocycles. The Morgan fingerprint density at radius 3 is 2.57 bits per heavy atom. The largest absolute Gasteiger partial charge is 0.316 e. The highest BCUT2D eigenvalue weighted by Crippen LogP contribution is 2.41. The molecule has 0 spiro atoms. The van der Waals surface area contributed by atoms with E-state index < -0.39 is 9.84 Å². The monoisotopic (exact) mass is 350 g/mol. The van der Waals surface area contributed by atoms with Crippen LogP contribution in [0.2, 0.25) is 0 Å². The van der Waals surface area contributed by atoms with E-state index >= 15 is 0 Å². The molecule has 23 heavy (non-hydrogen) atoms. The van der Waals surface area contributed by atoms with Crippen LogP contribution in [0.5, 0.6) is 0 Å². The molecule has 0 aromatic heterocycles. The fourth-order valence-electron chi connectivity index (χ4n) is 3.09. The number of hydrogen-bond acceptors (Lipinski definition) is 4. The lowest BCUT2D eigenvalue weighted by Crippen LogP contribution is -2.37. The predicted molar refractivity (Wildman–Crippen MR) is 92.6 cm³/mol. The van der Waals surface area contributed by atoms with Gasteiger partial charge in [-0.2, -0.15) is 4.99 Å². The summed E-state index contributed by atoms with van der Waals surface area (Å²) in [7, 11) is -3.01. The number of thioether (sulfide) groups is 1. The summed E-state index contributed by atoms with van der Waals surface area (Å²) in [5, 5.41) is 0.628. The van der Waals surface area contributed by atoms with E-state index in [-0.39, 0.29) is 34.6 Å². The number of amides is 1. The Kier molecular flexibility index (Phi) is 3.53. The maximum atomic E-state index is 12.1. The van der Waals surface area contributed by atoms with Gasteiger partial charge in [0.15, 0.2) is 15.0 Å². The van der Waals surface area contributed by atoms with Gasteiger partial charge in [0.25, 0.3) is 5.91 Å². The molecule has 3 fully saturated rings. The van der Waals surface area contributed by atoms with Crippen molar-refractivity contribution in [1.82, 2.24) is 0 Å². The molecule has 122 valence electrons. The zero-order valence-electron chi connectivity index (χ0n) is 12.8. The standard InChI is InChI=1S/C16H18N2O3S2/c1-10-2-6-12(7-3-10)18-13-8-23(20,21)9-14(13)22-16(18)17-15(19)11-4-5-11/h2-3,6-7,11,13-14H,4-5,8-9H2,1H3/t13-,14-/m1/s1. The molecule has 0 unspecified atom stereocenters. The highest BCUT2D eigenvalue weighted by Gasteiger charge is 2.49. The minimum absolute atomic E-state index is 0.0351. The van der Waals surface area contributed by atoms with E-state index in [4.69, 9.17) is 0 Å². The fraction of sp³-hybridized carbons (Fsp3) is 0.500. The number of hydrogen-bond donors (Lipinski definition) is 0. The lowest BCUT2D eigenvalue weighted by atomic mass is 10.1. The first-order chi connectivity index (χ1) is 10.9. The number of nitrogens with zero attached hydrogens (tertiary/aromatic N) is 2. The van der Waals surface area contributed by atoms with E-state index in [2.05, 4.69) is 4.99 Å². The van der Waals surface area contributed by atoms with Crippen LogP contribution in [0.3, 0.4) is 0 Å². The second kappa shape index (κ2) is 5.34. The van der Waals surface area contributed by atoms with Gasteiger partial charge in [-0.15, -0.1) is 0 Å². The summed E-state index contributed by atoms with van der Waals surface area (Å²) in [5.74, 6) is 0.316. The number of carbonyl (C=O) groups is 1. The zero-order valence-corrected chi connectivity index (χ0v) is 14.4. The minimum Gasteiger partial charge on any atom is -0.316 e. The summed E-state index contributed by atoms with van der Waals surface area (Å²) in [6.45, 7) is 2.01. The molecule has 0 radical (unpaired) electrons. The Balaban J connectivity index is 1.71. The quantitative estimate of drug-likeness (QED) is 0.816. The van der Waals surface area contributed by atoms with E-state index in [1.54, 1.807) is 0 Å². The fourth-order valence-corrected chi connectivity index (χ4v) is 7.01. The second-order valence-electron chi connectivity index (χ2n) is 6.51. The average molecular weight is 350 g/mol. The Morgan fingerprint density at radius 1 is 1.22 bits per heavy atom.